The molecule has 23 heavy (non-hydrogen) atoms. The Labute approximate surface area is 139 Å². The van der Waals surface area contributed by atoms with Crippen LogP contribution in [0.5, 0.6) is 0 Å². The molecule has 0 fully saturated rings. The maximum absolute atomic E-state index is 12.7. The molecular formula is C21H25NO. The fraction of sp³-hybridized carbons (Fsp3) is 0.286. The van der Waals surface area contributed by atoms with Gasteiger partial charge in [0.05, 0.1) is 0 Å². The lowest BCUT2D eigenvalue weighted by atomic mass is 9.98. The summed E-state index contributed by atoms with van der Waals surface area (Å²) >= 11 is 0. The normalized spacial score (nSPS) is 10.9. The van der Waals surface area contributed by atoms with E-state index in [-0.39, 0.29) is 18.0 Å². The van der Waals surface area contributed by atoms with Crippen LogP contribution in [0.15, 0.2) is 61.2 Å². The first-order chi connectivity index (χ1) is 10.9. The standard InChI is InChI=1S/C21H25NO/c1-15(2)22(16(3)4)21(23)20-13-11-19(12-14-20)17(5)18-9-7-6-8-10-18/h6-16H,5H2,1-4H3. The van der Waals surface area contributed by atoms with Crippen LogP contribution < -0.4 is 0 Å². The molecule has 0 atom stereocenters. The van der Waals surface area contributed by atoms with E-state index in [2.05, 4.69) is 6.58 Å². The number of nitrogens with zero attached hydrogens (tertiary/aromatic N) is 1. The van der Waals surface area contributed by atoms with E-state index in [4.69, 9.17) is 0 Å². The maximum Gasteiger partial charge on any atom is 0.254 e. The number of benzene rings is 2. The highest BCUT2D eigenvalue weighted by atomic mass is 16.2. The quantitative estimate of drug-likeness (QED) is 0.760. The average Bonchev–Trinajstić information content (AvgIpc) is 2.54. The van der Waals surface area contributed by atoms with Gasteiger partial charge in [-0.05, 0) is 56.5 Å². The lowest BCUT2D eigenvalue weighted by Gasteiger charge is -2.30. The van der Waals surface area contributed by atoms with Crippen LogP contribution in [0.25, 0.3) is 5.57 Å². The van der Waals surface area contributed by atoms with Gasteiger partial charge in [0.15, 0.2) is 0 Å². The van der Waals surface area contributed by atoms with E-state index < -0.39 is 0 Å². The third-order valence-corrected chi connectivity index (χ3v) is 3.95. The fourth-order valence-corrected chi connectivity index (χ4v) is 2.83. The third-order valence-electron chi connectivity index (χ3n) is 3.95. The Morgan fingerprint density at radius 1 is 0.783 bits per heavy atom. The summed E-state index contributed by atoms with van der Waals surface area (Å²) in [4.78, 5) is 14.6. The second kappa shape index (κ2) is 7.28. The smallest absolute Gasteiger partial charge is 0.254 e. The molecule has 0 saturated heterocycles. The predicted molar refractivity (Wildman–Crippen MR) is 97.5 cm³/mol. The highest BCUT2D eigenvalue weighted by Crippen LogP contribution is 2.22. The number of hydrogen-bond donors (Lipinski definition) is 0. The summed E-state index contributed by atoms with van der Waals surface area (Å²) in [6.45, 7) is 12.3. The van der Waals surface area contributed by atoms with Crippen molar-refractivity contribution < 1.29 is 4.79 Å². The molecule has 0 N–H and O–H groups in total. The minimum absolute atomic E-state index is 0.0758. The Bertz CT molecular complexity index is 661. The lowest BCUT2D eigenvalue weighted by molar-refractivity contribution is 0.0643. The highest BCUT2D eigenvalue weighted by Gasteiger charge is 2.21. The molecule has 0 saturated carbocycles. The van der Waals surface area contributed by atoms with Crippen molar-refractivity contribution in [3.63, 3.8) is 0 Å². The molecule has 1 amide bonds. The number of hydrogen-bond acceptors (Lipinski definition) is 1. The molecule has 0 aliphatic carbocycles. The van der Waals surface area contributed by atoms with E-state index >= 15 is 0 Å². The van der Waals surface area contributed by atoms with Gasteiger partial charge in [0.2, 0.25) is 0 Å². The first-order valence-corrected chi connectivity index (χ1v) is 8.09. The van der Waals surface area contributed by atoms with Crippen LogP contribution in [0.2, 0.25) is 0 Å². The van der Waals surface area contributed by atoms with Crippen molar-refractivity contribution >= 4 is 11.5 Å². The predicted octanol–water partition coefficient (Wildman–Crippen LogP) is 5.01. The van der Waals surface area contributed by atoms with Crippen LogP contribution in [0.3, 0.4) is 0 Å². The molecule has 2 nitrogen and oxygen atoms in total. The van der Waals surface area contributed by atoms with E-state index in [9.17, 15) is 4.79 Å². The van der Waals surface area contributed by atoms with Crippen molar-refractivity contribution in [3.05, 3.63) is 77.9 Å². The second-order valence-electron chi connectivity index (χ2n) is 6.32. The molecule has 0 aliphatic heterocycles. The SMILES string of the molecule is C=C(c1ccccc1)c1ccc(C(=O)N(C(C)C)C(C)C)cc1. The Balaban J connectivity index is 2.22. The summed E-state index contributed by atoms with van der Waals surface area (Å²) in [7, 11) is 0. The van der Waals surface area contributed by atoms with Crippen molar-refractivity contribution in [1.82, 2.24) is 4.90 Å². The lowest BCUT2D eigenvalue weighted by Crippen LogP contribution is -2.42. The maximum atomic E-state index is 12.7. The molecule has 2 rings (SSSR count). The summed E-state index contributed by atoms with van der Waals surface area (Å²) in [6, 6.07) is 18.2. The van der Waals surface area contributed by atoms with Crippen molar-refractivity contribution in [2.75, 3.05) is 0 Å². The van der Waals surface area contributed by atoms with Crippen LogP contribution in [0, 0.1) is 0 Å². The van der Waals surface area contributed by atoms with Crippen LogP contribution in [0.4, 0.5) is 0 Å². The zero-order chi connectivity index (χ0) is 17.0. The molecule has 0 aromatic heterocycles. The highest BCUT2D eigenvalue weighted by molar-refractivity contribution is 5.95. The summed E-state index contributed by atoms with van der Waals surface area (Å²) in [5.41, 5.74) is 3.82. The molecule has 2 aromatic carbocycles. The van der Waals surface area contributed by atoms with Gasteiger partial charge in [0, 0.05) is 17.6 Å². The number of carbonyl (C=O) groups excluding carboxylic acids is 1. The average molecular weight is 307 g/mol. The third kappa shape index (κ3) is 3.89. The Morgan fingerprint density at radius 2 is 1.22 bits per heavy atom. The van der Waals surface area contributed by atoms with Crippen molar-refractivity contribution in [2.45, 2.75) is 39.8 Å². The van der Waals surface area contributed by atoms with E-state index in [1.54, 1.807) is 0 Å². The molecule has 0 radical (unpaired) electrons. The number of rotatable bonds is 5. The van der Waals surface area contributed by atoms with Gasteiger partial charge in [0.1, 0.15) is 0 Å². The van der Waals surface area contributed by atoms with Gasteiger partial charge < -0.3 is 4.90 Å². The number of amides is 1. The Hall–Kier alpha value is -2.35. The van der Waals surface area contributed by atoms with Crippen molar-refractivity contribution in [2.24, 2.45) is 0 Å². The monoisotopic (exact) mass is 307 g/mol. The molecule has 0 heterocycles. The van der Waals surface area contributed by atoms with Gasteiger partial charge in [-0.1, -0.05) is 49.0 Å². The molecule has 0 unspecified atom stereocenters. The van der Waals surface area contributed by atoms with Crippen LogP contribution in [-0.4, -0.2) is 22.9 Å². The summed E-state index contributed by atoms with van der Waals surface area (Å²) in [5, 5.41) is 0. The van der Waals surface area contributed by atoms with Crippen molar-refractivity contribution in [1.29, 1.82) is 0 Å². The molecular weight excluding hydrogens is 282 g/mol. The minimum Gasteiger partial charge on any atom is -0.334 e. The molecule has 0 aliphatic rings. The van der Waals surface area contributed by atoms with Crippen LogP contribution in [0.1, 0.15) is 49.2 Å². The Morgan fingerprint density at radius 3 is 1.70 bits per heavy atom. The first-order valence-electron chi connectivity index (χ1n) is 8.09. The molecule has 0 bridgehead atoms. The Kier molecular flexibility index (Phi) is 5.38. The van der Waals surface area contributed by atoms with Gasteiger partial charge in [-0.15, -0.1) is 0 Å². The summed E-state index contributed by atoms with van der Waals surface area (Å²) < 4.78 is 0. The zero-order valence-corrected chi connectivity index (χ0v) is 14.4. The largest absolute Gasteiger partial charge is 0.334 e. The van der Waals surface area contributed by atoms with Gasteiger partial charge in [-0.25, -0.2) is 0 Å². The minimum atomic E-state index is 0.0758. The first kappa shape index (κ1) is 17.0. The zero-order valence-electron chi connectivity index (χ0n) is 14.4. The van der Waals surface area contributed by atoms with Gasteiger partial charge in [-0.3, -0.25) is 4.79 Å². The topological polar surface area (TPSA) is 20.3 Å². The molecule has 2 aromatic rings. The van der Waals surface area contributed by atoms with E-state index in [1.165, 1.54) is 0 Å². The molecule has 0 spiro atoms. The second-order valence-corrected chi connectivity index (χ2v) is 6.32. The fourth-order valence-electron chi connectivity index (χ4n) is 2.83. The molecule has 2 heteroatoms. The van der Waals surface area contributed by atoms with Gasteiger partial charge >= 0.3 is 0 Å². The van der Waals surface area contributed by atoms with Gasteiger partial charge in [0.25, 0.3) is 5.91 Å². The van der Waals surface area contributed by atoms with Crippen LogP contribution in [-0.2, 0) is 0 Å². The van der Waals surface area contributed by atoms with Crippen LogP contribution >= 0.6 is 0 Å². The molecule has 120 valence electrons. The van der Waals surface area contributed by atoms with Crippen molar-refractivity contribution in [3.8, 4) is 0 Å². The summed E-state index contributed by atoms with van der Waals surface area (Å²) in [5.74, 6) is 0.0758. The number of carbonyl (C=O) groups is 1. The summed E-state index contributed by atoms with van der Waals surface area (Å²) in [6.07, 6.45) is 0. The van der Waals surface area contributed by atoms with E-state index in [0.29, 0.717) is 0 Å². The van der Waals surface area contributed by atoms with E-state index in [1.807, 2.05) is 87.2 Å². The van der Waals surface area contributed by atoms with E-state index in [0.717, 1.165) is 22.3 Å². The van der Waals surface area contributed by atoms with Gasteiger partial charge in [-0.2, -0.15) is 0 Å².